The van der Waals surface area contributed by atoms with Gasteiger partial charge in [-0.15, -0.1) is 0 Å². The lowest BCUT2D eigenvalue weighted by Crippen LogP contribution is -2.53. The third kappa shape index (κ3) is 6.41. The number of nitrogens with zero attached hydrogens (tertiary/aromatic N) is 1. The summed E-state index contributed by atoms with van der Waals surface area (Å²) in [5.74, 6) is 0.833. The van der Waals surface area contributed by atoms with E-state index in [1.807, 2.05) is 24.9 Å². The third-order valence-corrected chi connectivity index (χ3v) is 10.4. The fourth-order valence-corrected chi connectivity index (χ4v) is 7.54. The molecule has 5 rings (SSSR count). The molecular weight excluding hydrogens is 548 g/mol. The Kier molecular flexibility index (Phi) is 8.78. The van der Waals surface area contributed by atoms with Crippen LogP contribution in [0, 0.1) is 5.92 Å². The number of sulfonamides is 1. The third-order valence-electron chi connectivity index (χ3n) is 8.91. The molecule has 2 N–H and O–H groups in total. The van der Waals surface area contributed by atoms with E-state index in [9.17, 15) is 18.3 Å². The van der Waals surface area contributed by atoms with Crippen LogP contribution in [0.4, 0.5) is 0 Å². The zero-order chi connectivity index (χ0) is 30.1. The normalized spacial score (nSPS) is 23.5. The molecule has 1 amide bonds. The smallest absolute Gasteiger partial charge is 0.253 e. The van der Waals surface area contributed by atoms with Gasteiger partial charge in [0.1, 0.15) is 17.5 Å². The van der Waals surface area contributed by atoms with Crippen LogP contribution >= 0.6 is 0 Å². The van der Waals surface area contributed by atoms with Crippen molar-refractivity contribution in [3.8, 4) is 5.75 Å². The number of hydrogen-bond acceptors (Lipinski definition) is 5. The van der Waals surface area contributed by atoms with E-state index in [2.05, 4.69) is 29.0 Å². The Balaban J connectivity index is 1.38. The van der Waals surface area contributed by atoms with Gasteiger partial charge in [-0.2, -0.15) is 0 Å². The molecule has 1 aliphatic heterocycles. The molecule has 224 valence electrons. The number of aliphatic hydroxyl groups excluding tert-OH is 1. The molecule has 0 spiro atoms. The standard InChI is InChI=1S/C34H42N2O5S/c1-5-23-14-17-28(18-15-23)42(39,40)35-31-29-22-26(16-19-30(29)41-34(2,3)32(31)37)33(38)36(4)27-13-9-12-25(21-27)20-24-10-7-6-8-11-24/h6-8,10-11,14-19,22,25,27,31-32,35,37H,5,9,12-13,20-21H2,1-4H3/t25?,27?,31-,32+/m1/s1. The van der Waals surface area contributed by atoms with Crippen LogP contribution in [0.2, 0.25) is 0 Å². The summed E-state index contributed by atoms with van der Waals surface area (Å²) < 4.78 is 35.6. The number of hydrogen-bond donors (Lipinski definition) is 2. The Morgan fingerprint density at radius 2 is 1.74 bits per heavy atom. The Labute approximate surface area is 250 Å². The average Bonchev–Trinajstić information content (AvgIpc) is 2.99. The van der Waals surface area contributed by atoms with Gasteiger partial charge in [0.2, 0.25) is 10.0 Å². The molecule has 1 saturated carbocycles. The second-order valence-corrected chi connectivity index (χ2v) is 14.0. The minimum Gasteiger partial charge on any atom is -0.485 e. The molecule has 0 radical (unpaired) electrons. The van der Waals surface area contributed by atoms with Gasteiger partial charge in [0.15, 0.2) is 0 Å². The summed E-state index contributed by atoms with van der Waals surface area (Å²) in [6.07, 6.45) is 4.74. The second kappa shape index (κ2) is 12.2. The summed E-state index contributed by atoms with van der Waals surface area (Å²) in [4.78, 5) is 15.7. The molecule has 2 unspecified atom stereocenters. The Morgan fingerprint density at radius 3 is 2.43 bits per heavy atom. The molecule has 3 aromatic rings. The van der Waals surface area contributed by atoms with Gasteiger partial charge in [-0.25, -0.2) is 13.1 Å². The second-order valence-electron chi connectivity index (χ2n) is 12.3. The van der Waals surface area contributed by atoms with E-state index in [1.165, 1.54) is 5.56 Å². The molecule has 4 atom stereocenters. The summed E-state index contributed by atoms with van der Waals surface area (Å²) in [6.45, 7) is 5.45. The zero-order valence-electron chi connectivity index (χ0n) is 24.9. The maximum absolute atomic E-state index is 13.8. The summed E-state index contributed by atoms with van der Waals surface area (Å²) in [7, 11) is -2.12. The molecule has 0 saturated heterocycles. The number of carbonyl (C=O) groups is 1. The fourth-order valence-electron chi connectivity index (χ4n) is 6.32. The van der Waals surface area contributed by atoms with Crippen molar-refractivity contribution in [3.05, 3.63) is 95.1 Å². The Hall–Kier alpha value is -3.20. The molecule has 3 aromatic carbocycles. The summed E-state index contributed by atoms with van der Waals surface area (Å²) in [5, 5.41) is 11.3. The van der Waals surface area contributed by atoms with Crippen LogP contribution in [-0.2, 0) is 22.9 Å². The monoisotopic (exact) mass is 590 g/mol. The predicted octanol–water partition coefficient (Wildman–Crippen LogP) is 5.67. The van der Waals surface area contributed by atoms with Crippen LogP contribution in [0.5, 0.6) is 5.75 Å². The van der Waals surface area contributed by atoms with E-state index < -0.39 is 27.8 Å². The number of fused-ring (bicyclic) bond motifs is 1. The van der Waals surface area contributed by atoms with Crippen molar-refractivity contribution in [1.82, 2.24) is 9.62 Å². The molecular formula is C34H42N2O5S. The lowest BCUT2D eigenvalue weighted by Gasteiger charge is -2.42. The highest BCUT2D eigenvalue weighted by Gasteiger charge is 2.45. The molecule has 1 aliphatic carbocycles. The van der Waals surface area contributed by atoms with Crippen molar-refractivity contribution in [2.24, 2.45) is 5.92 Å². The van der Waals surface area contributed by atoms with E-state index in [0.29, 0.717) is 22.8 Å². The molecule has 1 fully saturated rings. The van der Waals surface area contributed by atoms with E-state index in [-0.39, 0.29) is 16.8 Å². The van der Waals surface area contributed by atoms with Crippen LogP contribution < -0.4 is 9.46 Å². The molecule has 42 heavy (non-hydrogen) atoms. The van der Waals surface area contributed by atoms with Gasteiger partial charge in [-0.3, -0.25) is 4.79 Å². The van der Waals surface area contributed by atoms with Gasteiger partial charge in [-0.05, 0) is 93.3 Å². The number of benzene rings is 3. The van der Waals surface area contributed by atoms with Crippen molar-refractivity contribution in [1.29, 1.82) is 0 Å². The quantitative estimate of drug-likeness (QED) is 0.352. The number of carbonyl (C=O) groups excluding carboxylic acids is 1. The topological polar surface area (TPSA) is 95.9 Å². The molecule has 1 heterocycles. The Bertz CT molecular complexity index is 1500. The highest BCUT2D eigenvalue weighted by Crippen LogP contribution is 2.41. The van der Waals surface area contributed by atoms with Gasteiger partial charge < -0.3 is 14.7 Å². The van der Waals surface area contributed by atoms with E-state index in [1.54, 1.807) is 56.3 Å². The first-order chi connectivity index (χ1) is 20.0. The zero-order valence-corrected chi connectivity index (χ0v) is 25.7. The molecule has 0 bridgehead atoms. The number of amides is 1. The lowest BCUT2D eigenvalue weighted by molar-refractivity contribution is -0.0603. The van der Waals surface area contributed by atoms with E-state index in [0.717, 1.165) is 44.1 Å². The summed E-state index contributed by atoms with van der Waals surface area (Å²) in [6, 6.07) is 21.4. The highest BCUT2D eigenvalue weighted by molar-refractivity contribution is 7.89. The first-order valence-electron chi connectivity index (χ1n) is 14.9. The fraction of sp³-hybridized carbons (Fsp3) is 0.441. The summed E-state index contributed by atoms with van der Waals surface area (Å²) in [5.41, 5.74) is 2.19. The van der Waals surface area contributed by atoms with Crippen molar-refractivity contribution < 1.29 is 23.1 Å². The minimum atomic E-state index is -3.97. The maximum Gasteiger partial charge on any atom is 0.253 e. The van der Waals surface area contributed by atoms with Gasteiger partial charge >= 0.3 is 0 Å². The number of nitrogens with one attached hydrogen (secondary N) is 1. The van der Waals surface area contributed by atoms with Crippen LogP contribution in [0.25, 0.3) is 0 Å². The Morgan fingerprint density at radius 1 is 1.02 bits per heavy atom. The average molecular weight is 591 g/mol. The van der Waals surface area contributed by atoms with Crippen molar-refractivity contribution in [2.45, 2.75) is 88.0 Å². The van der Waals surface area contributed by atoms with Gasteiger partial charge in [-0.1, -0.05) is 55.8 Å². The lowest BCUT2D eigenvalue weighted by atomic mass is 9.81. The van der Waals surface area contributed by atoms with Crippen LogP contribution in [0.15, 0.2) is 77.7 Å². The molecule has 0 aromatic heterocycles. The van der Waals surface area contributed by atoms with Crippen LogP contribution in [-0.4, -0.2) is 49.1 Å². The number of aryl methyl sites for hydroxylation is 1. The van der Waals surface area contributed by atoms with Crippen molar-refractivity contribution >= 4 is 15.9 Å². The van der Waals surface area contributed by atoms with Gasteiger partial charge in [0, 0.05) is 24.2 Å². The minimum absolute atomic E-state index is 0.118. The highest BCUT2D eigenvalue weighted by atomic mass is 32.2. The summed E-state index contributed by atoms with van der Waals surface area (Å²) >= 11 is 0. The number of aliphatic hydroxyl groups is 1. The van der Waals surface area contributed by atoms with Crippen molar-refractivity contribution in [2.75, 3.05) is 7.05 Å². The SMILES string of the molecule is CCc1ccc(S(=O)(=O)N[C@@H]2c3cc(C(=O)N(C)C4CCCC(Cc5ccccc5)C4)ccc3OC(C)(C)[C@H]2O)cc1. The van der Waals surface area contributed by atoms with Crippen LogP contribution in [0.1, 0.15) is 79.5 Å². The van der Waals surface area contributed by atoms with Gasteiger partial charge in [0.25, 0.3) is 5.91 Å². The first-order valence-corrected chi connectivity index (χ1v) is 16.4. The number of ether oxygens (including phenoxy) is 1. The molecule has 2 aliphatic rings. The molecule has 7 nitrogen and oxygen atoms in total. The van der Waals surface area contributed by atoms with Crippen LogP contribution in [0.3, 0.4) is 0 Å². The van der Waals surface area contributed by atoms with Gasteiger partial charge in [0.05, 0.1) is 10.9 Å². The van der Waals surface area contributed by atoms with Crippen molar-refractivity contribution in [3.63, 3.8) is 0 Å². The predicted molar refractivity (Wildman–Crippen MR) is 164 cm³/mol. The molecule has 8 heteroatoms. The van der Waals surface area contributed by atoms with E-state index >= 15 is 0 Å². The number of rotatable bonds is 8. The maximum atomic E-state index is 13.8. The first kappa shape index (κ1) is 30.3. The van der Waals surface area contributed by atoms with E-state index in [4.69, 9.17) is 4.74 Å². The largest absolute Gasteiger partial charge is 0.485 e.